The fraction of sp³-hybridized carbons (Fsp3) is 0.583. The van der Waals surface area contributed by atoms with Crippen molar-refractivity contribution >= 4 is 0 Å². The number of hydrogen-bond acceptors (Lipinski definition) is 3. The minimum Gasteiger partial charge on any atom is -0.353 e. The van der Waals surface area contributed by atoms with Crippen LogP contribution in [0, 0.1) is 0 Å². The van der Waals surface area contributed by atoms with Crippen LogP contribution in [0.3, 0.4) is 0 Å². The molecule has 0 bridgehead atoms. The molecule has 3 nitrogen and oxygen atoms in total. The van der Waals surface area contributed by atoms with Crippen LogP contribution in [0.15, 0.2) is 24.4 Å². The average Bonchev–Trinajstić information content (AvgIpc) is 2.32. The number of nitrogens with zero attached hydrogens (tertiary/aromatic N) is 1. The molecule has 0 aromatic carbocycles. The summed E-state index contributed by atoms with van der Waals surface area (Å²) in [7, 11) is 0. The first kappa shape index (κ1) is 10.6. The zero-order valence-corrected chi connectivity index (χ0v) is 8.89. The van der Waals surface area contributed by atoms with Gasteiger partial charge in [0.15, 0.2) is 6.29 Å². The predicted molar refractivity (Wildman–Crippen MR) is 57.5 cm³/mol. The van der Waals surface area contributed by atoms with Gasteiger partial charge in [0.25, 0.3) is 0 Å². The average molecular weight is 207 g/mol. The Morgan fingerprint density at radius 1 is 1.27 bits per heavy atom. The largest absolute Gasteiger partial charge is 0.353 e. The van der Waals surface area contributed by atoms with Crippen molar-refractivity contribution in [2.75, 3.05) is 13.2 Å². The van der Waals surface area contributed by atoms with Crippen molar-refractivity contribution in [1.82, 2.24) is 4.98 Å². The fourth-order valence-electron chi connectivity index (χ4n) is 1.70. The van der Waals surface area contributed by atoms with E-state index in [0.717, 1.165) is 44.6 Å². The van der Waals surface area contributed by atoms with Gasteiger partial charge in [-0.2, -0.15) is 0 Å². The monoisotopic (exact) mass is 207 g/mol. The molecule has 1 fully saturated rings. The zero-order chi connectivity index (χ0) is 10.3. The molecule has 82 valence electrons. The highest BCUT2D eigenvalue weighted by Crippen LogP contribution is 2.12. The molecule has 0 N–H and O–H groups in total. The molecule has 3 heteroatoms. The number of hydrogen-bond donors (Lipinski definition) is 0. The second kappa shape index (κ2) is 5.83. The second-order valence-electron chi connectivity index (χ2n) is 3.74. The molecule has 0 spiro atoms. The minimum absolute atomic E-state index is 0.0162. The molecule has 1 aliphatic heterocycles. The molecular weight excluding hydrogens is 190 g/mol. The van der Waals surface area contributed by atoms with Gasteiger partial charge in [-0.25, -0.2) is 0 Å². The van der Waals surface area contributed by atoms with Crippen LogP contribution < -0.4 is 0 Å². The molecule has 2 rings (SSSR count). The first-order valence-electron chi connectivity index (χ1n) is 5.58. The van der Waals surface area contributed by atoms with Gasteiger partial charge in [0, 0.05) is 11.9 Å². The van der Waals surface area contributed by atoms with E-state index < -0.39 is 0 Å². The molecule has 0 amide bonds. The highest BCUT2D eigenvalue weighted by atomic mass is 16.7. The van der Waals surface area contributed by atoms with Crippen LogP contribution in [0.5, 0.6) is 0 Å². The summed E-state index contributed by atoms with van der Waals surface area (Å²) in [4.78, 5) is 4.28. The number of ether oxygens (including phenoxy) is 2. The first-order valence-corrected chi connectivity index (χ1v) is 5.58. The van der Waals surface area contributed by atoms with Crippen LogP contribution in [-0.2, 0) is 15.9 Å². The van der Waals surface area contributed by atoms with E-state index in [1.165, 1.54) is 0 Å². The lowest BCUT2D eigenvalue weighted by atomic mass is 10.1. The van der Waals surface area contributed by atoms with E-state index in [1.54, 1.807) is 0 Å². The van der Waals surface area contributed by atoms with Gasteiger partial charge in [-0.15, -0.1) is 0 Å². The van der Waals surface area contributed by atoms with Crippen LogP contribution in [0.4, 0.5) is 0 Å². The standard InChI is InChI=1S/C12H17NO2/c1-2-8-13-11(5-1)6-3-7-12-14-9-4-10-15-12/h1-2,5,8,12H,3-4,6-7,9-10H2. The van der Waals surface area contributed by atoms with E-state index in [0.29, 0.717) is 0 Å². The molecule has 0 unspecified atom stereocenters. The second-order valence-corrected chi connectivity index (χ2v) is 3.74. The first-order chi connectivity index (χ1) is 7.45. The Labute approximate surface area is 90.4 Å². The third kappa shape index (κ3) is 3.61. The highest BCUT2D eigenvalue weighted by molar-refractivity contribution is 5.03. The van der Waals surface area contributed by atoms with E-state index in [-0.39, 0.29) is 6.29 Å². The van der Waals surface area contributed by atoms with Crippen molar-refractivity contribution in [1.29, 1.82) is 0 Å². The third-order valence-electron chi connectivity index (χ3n) is 2.50. The summed E-state index contributed by atoms with van der Waals surface area (Å²) < 4.78 is 10.9. The van der Waals surface area contributed by atoms with E-state index in [2.05, 4.69) is 11.1 Å². The van der Waals surface area contributed by atoms with E-state index in [1.807, 2.05) is 18.3 Å². The summed E-state index contributed by atoms with van der Waals surface area (Å²) in [6, 6.07) is 6.02. The van der Waals surface area contributed by atoms with Crippen molar-refractivity contribution < 1.29 is 9.47 Å². The summed E-state index contributed by atoms with van der Waals surface area (Å²) in [5, 5.41) is 0. The Morgan fingerprint density at radius 2 is 2.13 bits per heavy atom. The van der Waals surface area contributed by atoms with Crippen molar-refractivity contribution in [3.63, 3.8) is 0 Å². The molecule has 0 aliphatic carbocycles. The van der Waals surface area contributed by atoms with Crippen LogP contribution in [-0.4, -0.2) is 24.5 Å². The SMILES string of the molecule is c1ccc(CCCC2OCCCO2)nc1. The minimum atomic E-state index is 0.0162. The maximum absolute atomic E-state index is 5.47. The number of aromatic nitrogens is 1. The van der Waals surface area contributed by atoms with Gasteiger partial charge in [0.1, 0.15) is 0 Å². The summed E-state index contributed by atoms with van der Waals surface area (Å²) in [6.45, 7) is 1.68. The van der Waals surface area contributed by atoms with Crippen molar-refractivity contribution in [3.8, 4) is 0 Å². The summed E-state index contributed by atoms with van der Waals surface area (Å²) in [5.41, 5.74) is 1.15. The van der Waals surface area contributed by atoms with Crippen molar-refractivity contribution in [2.45, 2.75) is 32.0 Å². The fourth-order valence-corrected chi connectivity index (χ4v) is 1.70. The molecule has 1 saturated heterocycles. The van der Waals surface area contributed by atoms with E-state index in [4.69, 9.17) is 9.47 Å². The van der Waals surface area contributed by atoms with Gasteiger partial charge in [-0.1, -0.05) is 6.07 Å². The van der Waals surface area contributed by atoms with Gasteiger partial charge in [-0.3, -0.25) is 4.98 Å². The van der Waals surface area contributed by atoms with Gasteiger partial charge >= 0.3 is 0 Å². The van der Waals surface area contributed by atoms with Gasteiger partial charge in [0.05, 0.1) is 13.2 Å². The smallest absolute Gasteiger partial charge is 0.157 e. The number of rotatable bonds is 4. The van der Waals surface area contributed by atoms with E-state index in [9.17, 15) is 0 Å². The Kier molecular flexibility index (Phi) is 4.11. The molecule has 1 aromatic rings. The van der Waals surface area contributed by atoms with Crippen LogP contribution in [0.2, 0.25) is 0 Å². The zero-order valence-electron chi connectivity index (χ0n) is 8.89. The Bertz CT molecular complexity index is 270. The van der Waals surface area contributed by atoms with Crippen LogP contribution in [0.25, 0.3) is 0 Å². The molecule has 0 radical (unpaired) electrons. The molecule has 2 heterocycles. The lowest BCUT2D eigenvalue weighted by Gasteiger charge is -2.22. The van der Waals surface area contributed by atoms with E-state index >= 15 is 0 Å². The molecule has 1 aliphatic rings. The molecule has 0 saturated carbocycles. The van der Waals surface area contributed by atoms with Crippen molar-refractivity contribution in [2.24, 2.45) is 0 Å². The molecule has 0 atom stereocenters. The third-order valence-corrected chi connectivity index (χ3v) is 2.50. The lowest BCUT2D eigenvalue weighted by molar-refractivity contribution is -0.181. The Hall–Kier alpha value is -0.930. The van der Waals surface area contributed by atoms with Gasteiger partial charge in [0.2, 0.25) is 0 Å². The van der Waals surface area contributed by atoms with Crippen LogP contribution in [0.1, 0.15) is 25.0 Å². The quantitative estimate of drug-likeness (QED) is 0.758. The molecule has 1 aromatic heterocycles. The Balaban J connectivity index is 1.66. The summed E-state index contributed by atoms with van der Waals surface area (Å²) in [5.74, 6) is 0. The maximum Gasteiger partial charge on any atom is 0.157 e. The maximum atomic E-state index is 5.47. The van der Waals surface area contributed by atoms with Crippen LogP contribution >= 0.6 is 0 Å². The summed E-state index contributed by atoms with van der Waals surface area (Å²) >= 11 is 0. The topological polar surface area (TPSA) is 31.4 Å². The predicted octanol–water partition coefficient (Wildman–Crippen LogP) is 2.17. The molecule has 15 heavy (non-hydrogen) atoms. The highest BCUT2D eigenvalue weighted by Gasteiger charge is 2.13. The Morgan fingerprint density at radius 3 is 2.87 bits per heavy atom. The normalized spacial score (nSPS) is 17.9. The lowest BCUT2D eigenvalue weighted by Crippen LogP contribution is -2.24. The number of aryl methyl sites for hydroxylation is 1. The molecular formula is C12H17NO2. The van der Waals surface area contributed by atoms with Crippen molar-refractivity contribution in [3.05, 3.63) is 30.1 Å². The van der Waals surface area contributed by atoms with Gasteiger partial charge < -0.3 is 9.47 Å². The number of pyridine rings is 1. The van der Waals surface area contributed by atoms with Gasteiger partial charge in [-0.05, 0) is 37.8 Å². The summed E-state index contributed by atoms with van der Waals surface area (Å²) in [6.07, 6.45) is 5.92.